The number of thioether (sulfide) groups is 1. The van der Waals surface area contributed by atoms with Gasteiger partial charge in [-0.15, -0.1) is 0 Å². The molecule has 2 atom stereocenters. The van der Waals surface area contributed by atoms with Gasteiger partial charge in [0.1, 0.15) is 5.75 Å². The quantitative estimate of drug-likeness (QED) is 0.366. The summed E-state index contributed by atoms with van der Waals surface area (Å²) in [7, 11) is 0. The topological polar surface area (TPSA) is 24.9 Å². The van der Waals surface area contributed by atoms with E-state index in [4.69, 9.17) is 9.47 Å². The predicted octanol–water partition coefficient (Wildman–Crippen LogP) is 5.68. The molecule has 8 heteroatoms. The molecular weight excluding hydrogens is 461 g/mol. The molecule has 0 bridgehead atoms. The molecule has 34 heavy (non-hydrogen) atoms. The summed E-state index contributed by atoms with van der Waals surface area (Å²) in [6, 6.07) is 13.7. The van der Waals surface area contributed by atoms with Crippen LogP contribution in [0.5, 0.6) is 5.75 Å². The maximum absolute atomic E-state index is 12.9. The summed E-state index contributed by atoms with van der Waals surface area (Å²) in [4.78, 5) is 5.14. The zero-order chi connectivity index (χ0) is 23.5. The first-order valence-electron chi connectivity index (χ1n) is 12.1. The van der Waals surface area contributed by atoms with Crippen molar-refractivity contribution in [2.45, 2.75) is 41.6 Å². The molecule has 0 saturated carbocycles. The minimum Gasteiger partial charge on any atom is -0.494 e. The van der Waals surface area contributed by atoms with Gasteiger partial charge in [0.25, 0.3) is 0 Å². The van der Waals surface area contributed by atoms with E-state index in [9.17, 15) is 13.2 Å². The monoisotopic (exact) mass is 492 g/mol. The summed E-state index contributed by atoms with van der Waals surface area (Å²) in [6.07, 6.45) is 3.23. The molecule has 5 rings (SSSR count). The Balaban J connectivity index is 1.31. The maximum Gasteiger partial charge on any atom is 0.446 e. The van der Waals surface area contributed by atoms with Gasteiger partial charge in [-0.25, -0.2) is 0 Å². The molecule has 2 aromatic carbocycles. The van der Waals surface area contributed by atoms with Crippen molar-refractivity contribution in [2.24, 2.45) is 0 Å². The molecule has 2 fully saturated rings. The molecule has 0 unspecified atom stereocenters. The molecule has 0 radical (unpaired) electrons. The molecule has 0 N–H and O–H groups in total. The molecule has 2 saturated heterocycles. The number of ether oxygens (including phenoxy) is 2. The van der Waals surface area contributed by atoms with E-state index in [2.05, 4.69) is 21.9 Å². The van der Waals surface area contributed by atoms with Crippen molar-refractivity contribution in [3.8, 4) is 5.75 Å². The van der Waals surface area contributed by atoms with Crippen LogP contribution in [0.4, 0.5) is 13.2 Å². The minimum absolute atomic E-state index is 0.0405. The number of morpholine rings is 1. The Morgan fingerprint density at radius 2 is 1.88 bits per heavy atom. The third-order valence-corrected chi connectivity index (χ3v) is 7.78. The van der Waals surface area contributed by atoms with Crippen molar-refractivity contribution < 1.29 is 22.6 Å². The summed E-state index contributed by atoms with van der Waals surface area (Å²) in [5, 5.41) is 0. The highest BCUT2D eigenvalue weighted by Gasteiger charge is 2.37. The smallest absolute Gasteiger partial charge is 0.446 e. The van der Waals surface area contributed by atoms with E-state index in [1.807, 2.05) is 12.1 Å². The van der Waals surface area contributed by atoms with Crippen LogP contribution in [0.3, 0.4) is 0 Å². The largest absolute Gasteiger partial charge is 0.494 e. The summed E-state index contributed by atoms with van der Waals surface area (Å²) in [6.45, 7) is 7.15. The fraction of sp³-hybridized carbons (Fsp3) is 0.538. The number of fused-ring (bicyclic) bond motifs is 3. The lowest BCUT2D eigenvalue weighted by Crippen LogP contribution is -2.37. The Morgan fingerprint density at radius 3 is 2.71 bits per heavy atom. The average molecular weight is 493 g/mol. The number of alkyl halides is 3. The standard InChI is InChI=1S/C26H31F3N2O2S/c27-26(28,29)34-21-5-1-4-19(16-21)24-18-31-10-2-6-25(31)23-17-20(7-8-22(23)24)33-13-3-9-30-11-14-32-15-12-30/h1,4-5,7-8,16-17,24-25H,2-3,6,9-15,18H2/t24-,25-/m0/s1. The molecule has 0 amide bonds. The molecule has 3 aliphatic rings. The number of benzene rings is 2. The van der Waals surface area contributed by atoms with Gasteiger partial charge in [0.2, 0.25) is 0 Å². The Kier molecular flexibility index (Phi) is 7.39. The molecule has 3 heterocycles. The van der Waals surface area contributed by atoms with Crippen LogP contribution in [0.25, 0.3) is 0 Å². The Bertz CT molecular complexity index is 981. The normalized spacial score (nSPS) is 23.5. The molecule has 4 nitrogen and oxygen atoms in total. The van der Waals surface area contributed by atoms with Crippen LogP contribution in [0.2, 0.25) is 0 Å². The Labute approximate surface area is 203 Å². The molecular formula is C26H31F3N2O2S. The van der Waals surface area contributed by atoms with Gasteiger partial charge in [-0.05, 0) is 78.5 Å². The van der Waals surface area contributed by atoms with Gasteiger partial charge in [0.05, 0.1) is 19.8 Å². The van der Waals surface area contributed by atoms with Crippen LogP contribution in [0.15, 0.2) is 47.4 Å². The van der Waals surface area contributed by atoms with E-state index >= 15 is 0 Å². The van der Waals surface area contributed by atoms with Gasteiger partial charge < -0.3 is 9.47 Å². The zero-order valence-corrected chi connectivity index (χ0v) is 20.0. The van der Waals surface area contributed by atoms with E-state index in [1.165, 1.54) is 17.2 Å². The Morgan fingerprint density at radius 1 is 1.03 bits per heavy atom. The van der Waals surface area contributed by atoms with Gasteiger partial charge in [-0.3, -0.25) is 9.80 Å². The highest BCUT2D eigenvalue weighted by Crippen LogP contribution is 2.46. The second-order valence-corrected chi connectivity index (χ2v) is 10.4. The van der Waals surface area contributed by atoms with Crippen molar-refractivity contribution in [2.75, 3.05) is 52.5 Å². The lowest BCUT2D eigenvalue weighted by atomic mass is 9.81. The third-order valence-electron chi connectivity index (χ3n) is 7.06. The van der Waals surface area contributed by atoms with Crippen LogP contribution in [0.1, 0.15) is 47.9 Å². The number of hydrogen-bond acceptors (Lipinski definition) is 5. The second-order valence-electron chi connectivity index (χ2n) is 9.27. The molecule has 3 aliphatic heterocycles. The van der Waals surface area contributed by atoms with E-state index < -0.39 is 5.51 Å². The second kappa shape index (κ2) is 10.5. The molecule has 0 spiro atoms. The van der Waals surface area contributed by atoms with Crippen molar-refractivity contribution in [1.29, 1.82) is 0 Å². The fourth-order valence-corrected chi connectivity index (χ4v) is 6.10. The lowest BCUT2D eigenvalue weighted by molar-refractivity contribution is -0.0328. The van der Waals surface area contributed by atoms with Crippen molar-refractivity contribution in [1.82, 2.24) is 9.80 Å². The first-order valence-corrected chi connectivity index (χ1v) is 12.9. The van der Waals surface area contributed by atoms with Gasteiger partial charge in [0.15, 0.2) is 0 Å². The van der Waals surface area contributed by atoms with Crippen LogP contribution in [-0.4, -0.2) is 67.9 Å². The van der Waals surface area contributed by atoms with E-state index in [0.717, 1.165) is 76.5 Å². The van der Waals surface area contributed by atoms with Crippen LogP contribution < -0.4 is 4.74 Å². The summed E-state index contributed by atoms with van der Waals surface area (Å²) in [5.74, 6) is 0.947. The highest BCUT2D eigenvalue weighted by atomic mass is 32.2. The number of nitrogens with zero attached hydrogens (tertiary/aromatic N) is 2. The van der Waals surface area contributed by atoms with E-state index in [-0.39, 0.29) is 22.6 Å². The van der Waals surface area contributed by atoms with Gasteiger partial charge in [-0.1, -0.05) is 18.2 Å². The predicted molar refractivity (Wildman–Crippen MR) is 128 cm³/mol. The molecule has 0 aromatic heterocycles. The van der Waals surface area contributed by atoms with Crippen molar-refractivity contribution in [3.05, 3.63) is 59.2 Å². The third kappa shape index (κ3) is 5.73. The molecule has 2 aromatic rings. The summed E-state index contributed by atoms with van der Waals surface area (Å²) < 4.78 is 50.3. The SMILES string of the molecule is FC(F)(F)Sc1cccc([C@@H]2CN3CCC[C@H]3c3cc(OCCCN4CCOCC4)ccc32)c1. The zero-order valence-electron chi connectivity index (χ0n) is 19.2. The Hall–Kier alpha value is -1.74. The summed E-state index contributed by atoms with van der Waals surface area (Å²) >= 11 is -0.0405. The van der Waals surface area contributed by atoms with Gasteiger partial charge in [0, 0.05) is 43.0 Å². The number of rotatable bonds is 7. The number of hydrogen-bond donors (Lipinski definition) is 0. The van der Waals surface area contributed by atoms with Gasteiger partial charge in [-0.2, -0.15) is 13.2 Å². The average Bonchev–Trinajstić information content (AvgIpc) is 3.30. The van der Waals surface area contributed by atoms with Crippen LogP contribution in [-0.2, 0) is 4.74 Å². The summed E-state index contributed by atoms with van der Waals surface area (Å²) in [5.41, 5.74) is -0.844. The van der Waals surface area contributed by atoms with Gasteiger partial charge >= 0.3 is 5.51 Å². The highest BCUT2D eigenvalue weighted by molar-refractivity contribution is 8.00. The number of halogens is 3. The van der Waals surface area contributed by atoms with Crippen LogP contribution >= 0.6 is 11.8 Å². The minimum atomic E-state index is -4.28. The first-order chi connectivity index (χ1) is 16.5. The maximum atomic E-state index is 12.9. The van der Waals surface area contributed by atoms with Crippen molar-refractivity contribution in [3.63, 3.8) is 0 Å². The van der Waals surface area contributed by atoms with Crippen molar-refractivity contribution >= 4 is 11.8 Å². The molecule has 0 aliphatic carbocycles. The van der Waals surface area contributed by atoms with E-state index in [0.29, 0.717) is 12.6 Å². The fourth-order valence-electron chi connectivity index (χ4n) is 5.49. The molecule has 184 valence electrons. The van der Waals surface area contributed by atoms with E-state index in [1.54, 1.807) is 12.1 Å². The first kappa shape index (κ1) is 24.0. The lowest BCUT2D eigenvalue weighted by Gasteiger charge is -2.38. The van der Waals surface area contributed by atoms with Crippen LogP contribution in [0, 0.1) is 0 Å².